The topological polar surface area (TPSA) is 49.4 Å². The highest BCUT2D eigenvalue weighted by Gasteiger charge is 2.33. The molecule has 21 heavy (non-hydrogen) atoms. The summed E-state index contributed by atoms with van der Waals surface area (Å²) in [6, 6.07) is 7.85. The molecule has 5 heteroatoms. The minimum Gasteiger partial charge on any atom is -0.315 e. The van der Waals surface area contributed by atoms with Gasteiger partial charge in [0.05, 0.1) is 10.9 Å². The number of rotatable bonds is 6. The molecule has 0 saturated heterocycles. The predicted octanol–water partition coefficient (Wildman–Crippen LogP) is 2.40. The summed E-state index contributed by atoms with van der Waals surface area (Å²) in [5.74, 6) is 0.352. The maximum atomic E-state index is 12.9. The van der Waals surface area contributed by atoms with Crippen molar-refractivity contribution in [3.05, 3.63) is 29.8 Å². The van der Waals surface area contributed by atoms with Crippen LogP contribution in [0.5, 0.6) is 0 Å². The van der Waals surface area contributed by atoms with Gasteiger partial charge in [0.1, 0.15) is 0 Å². The number of sulfonamides is 1. The molecule has 2 rings (SSSR count). The minimum atomic E-state index is -3.32. The van der Waals surface area contributed by atoms with Gasteiger partial charge in [-0.1, -0.05) is 32.0 Å². The van der Waals surface area contributed by atoms with Crippen molar-refractivity contribution in [1.29, 1.82) is 0 Å². The van der Waals surface area contributed by atoms with Crippen LogP contribution in [0, 0.1) is 5.92 Å². The molecule has 0 aromatic heterocycles. The number of hydrogen-bond donors (Lipinski definition) is 1. The van der Waals surface area contributed by atoms with Crippen LogP contribution >= 0.6 is 0 Å². The van der Waals surface area contributed by atoms with Gasteiger partial charge in [-0.3, -0.25) is 4.31 Å². The van der Waals surface area contributed by atoms with Gasteiger partial charge >= 0.3 is 0 Å². The molecule has 0 spiro atoms. The Hall–Kier alpha value is -1.07. The molecule has 0 saturated carbocycles. The zero-order valence-corrected chi connectivity index (χ0v) is 14.0. The van der Waals surface area contributed by atoms with Gasteiger partial charge in [-0.15, -0.1) is 0 Å². The summed E-state index contributed by atoms with van der Waals surface area (Å²) in [7, 11) is -3.32. The van der Waals surface area contributed by atoms with E-state index in [1.807, 2.05) is 24.3 Å². The van der Waals surface area contributed by atoms with E-state index < -0.39 is 15.3 Å². The molecule has 0 fully saturated rings. The average molecular weight is 310 g/mol. The monoisotopic (exact) mass is 310 g/mol. The number of benzene rings is 1. The summed E-state index contributed by atoms with van der Waals surface area (Å²) in [4.78, 5) is 0. The van der Waals surface area contributed by atoms with Crippen molar-refractivity contribution < 1.29 is 8.42 Å². The quantitative estimate of drug-likeness (QED) is 0.821. The van der Waals surface area contributed by atoms with Gasteiger partial charge in [0, 0.05) is 13.1 Å². The zero-order valence-electron chi connectivity index (χ0n) is 13.2. The minimum absolute atomic E-state index is 0.352. The van der Waals surface area contributed by atoms with Gasteiger partial charge < -0.3 is 5.32 Å². The number of nitrogens with one attached hydrogen (secondary N) is 1. The van der Waals surface area contributed by atoms with Crippen LogP contribution in [-0.4, -0.2) is 33.3 Å². The van der Waals surface area contributed by atoms with E-state index >= 15 is 0 Å². The Labute approximate surface area is 128 Å². The summed E-state index contributed by atoms with van der Waals surface area (Å²) in [5, 5.41) is 2.79. The second kappa shape index (κ2) is 6.79. The molecule has 1 aliphatic rings. The Morgan fingerprint density at radius 3 is 2.81 bits per heavy atom. The van der Waals surface area contributed by atoms with Crippen molar-refractivity contribution in [2.75, 3.05) is 23.9 Å². The third-order valence-corrected chi connectivity index (χ3v) is 6.12. The SMILES string of the molecule is CCCNCC(C)S(=O)(=O)N1CC(C)Cc2ccccc21. The standard InChI is InChI=1S/C16H26N2O2S/c1-4-9-17-11-14(3)21(19,20)18-12-13(2)10-15-7-5-6-8-16(15)18/h5-8,13-14,17H,4,9-12H2,1-3H3. The van der Waals surface area contributed by atoms with Crippen molar-refractivity contribution in [2.24, 2.45) is 5.92 Å². The summed E-state index contributed by atoms with van der Waals surface area (Å²) in [6.07, 6.45) is 1.96. The number of para-hydroxylation sites is 1. The fourth-order valence-corrected chi connectivity index (χ4v) is 4.47. The molecular formula is C16H26N2O2S. The summed E-state index contributed by atoms with van der Waals surface area (Å²) in [6.45, 7) is 7.92. The smallest absolute Gasteiger partial charge is 0.239 e. The molecule has 1 aromatic rings. The van der Waals surface area contributed by atoms with Crippen LogP contribution in [0.25, 0.3) is 0 Å². The number of nitrogens with zero attached hydrogens (tertiary/aromatic N) is 1. The largest absolute Gasteiger partial charge is 0.315 e. The van der Waals surface area contributed by atoms with E-state index in [0.717, 1.165) is 30.6 Å². The molecular weight excluding hydrogens is 284 g/mol. The molecule has 2 atom stereocenters. The van der Waals surface area contributed by atoms with E-state index in [1.165, 1.54) is 0 Å². The van der Waals surface area contributed by atoms with Crippen LogP contribution in [0.1, 0.15) is 32.8 Å². The van der Waals surface area contributed by atoms with Crippen LogP contribution in [0.15, 0.2) is 24.3 Å². The Morgan fingerprint density at radius 2 is 2.10 bits per heavy atom. The van der Waals surface area contributed by atoms with Gasteiger partial charge in [-0.25, -0.2) is 8.42 Å². The van der Waals surface area contributed by atoms with Crippen LogP contribution < -0.4 is 9.62 Å². The van der Waals surface area contributed by atoms with Crippen molar-refractivity contribution >= 4 is 15.7 Å². The first-order chi connectivity index (χ1) is 9.96. The van der Waals surface area contributed by atoms with Gasteiger partial charge in [0.15, 0.2) is 0 Å². The summed E-state index contributed by atoms with van der Waals surface area (Å²) in [5.41, 5.74) is 1.99. The molecule has 1 heterocycles. The van der Waals surface area contributed by atoms with Gasteiger partial charge in [0.2, 0.25) is 10.0 Å². The normalized spacial score (nSPS) is 20.1. The number of anilines is 1. The third-order valence-electron chi connectivity index (χ3n) is 3.98. The second-order valence-electron chi connectivity index (χ2n) is 6.03. The van der Waals surface area contributed by atoms with E-state index in [1.54, 1.807) is 11.2 Å². The van der Waals surface area contributed by atoms with Gasteiger partial charge in [-0.05, 0) is 43.9 Å². The van der Waals surface area contributed by atoms with E-state index in [4.69, 9.17) is 0 Å². The molecule has 2 unspecified atom stereocenters. The van der Waals surface area contributed by atoms with Gasteiger partial charge in [-0.2, -0.15) is 0 Å². The molecule has 0 amide bonds. The van der Waals surface area contributed by atoms with E-state index in [2.05, 4.69) is 19.2 Å². The predicted molar refractivity (Wildman–Crippen MR) is 88.2 cm³/mol. The maximum absolute atomic E-state index is 12.9. The lowest BCUT2D eigenvalue weighted by Gasteiger charge is -2.35. The fraction of sp³-hybridized carbons (Fsp3) is 0.625. The molecule has 1 aromatic carbocycles. The molecule has 1 N–H and O–H groups in total. The van der Waals surface area contributed by atoms with Crippen LogP contribution in [0.4, 0.5) is 5.69 Å². The Balaban J connectivity index is 2.23. The number of hydrogen-bond acceptors (Lipinski definition) is 3. The van der Waals surface area contributed by atoms with Crippen LogP contribution in [-0.2, 0) is 16.4 Å². The molecule has 4 nitrogen and oxygen atoms in total. The Morgan fingerprint density at radius 1 is 1.38 bits per heavy atom. The van der Waals surface area contributed by atoms with Crippen molar-refractivity contribution in [3.63, 3.8) is 0 Å². The van der Waals surface area contributed by atoms with E-state index in [-0.39, 0.29) is 0 Å². The second-order valence-corrected chi connectivity index (χ2v) is 8.30. The molecule has 0 aliphatic carbocycles. The summed E-state index contributed by atoms with van der Waals surface area (Å²) < 4.78 is 27.4. The highest BCUT2D eigenvalue weighted by molar-refractivity contribution is 7.93. The van der Waals surface area contributed by atoms with Gasteiger partial charge in [0.25, 0.3) is 0 Å². The fourth-order valence-electron chi connectivity index (χ4n) is 2.79. The number of fused-ring (bicyclic) bond motifs is 1. The first-order valence-electron chi connectivity index (χ1n) is 7.77. The Bertz CT molecular complexity index is 571. The lowest BCUT2D eigenvalue weighted by atomic mass is 9.96. The van der Waals surface area contributed by atoms with Crippen LogP contribution in [0.2, 0.25) is 0 Å². The molecule has 0 radical (unpaired) electrons. The van der Waals surface area contributed by atoms with E-state index in [9.17, 15) is 8.42 Å². The van der Waals surface area contributed by atoms with Crippen molar-refractivity contribution in [1.82, 2.24) is 5.32 Å². The maximum Gasteiger partial charge on any atom is 0.239 e. The Kier molecular flexibility index (Phi) is 5.27. The summed E-state index contributed by atoms with van der Waals surface area (Å²) >= 11 is 0. The highest BCUT2D eigenvalue weighted by Crippen LogP contribution is 2.32. The zero-order chi connectivity index (χ0) is 15.5. The van der Waals surface area contributed by atoms with Crippen molar-refractivity contribution in [2.45, 2.75) is 38.9 Å². The third kappa shape index (κ3) is 3.58. The van der Waals surface area contributed by atoms with Crippen LogP contribution in [0.3, 0.4) is 0 Å². The lowest BCUT2D eigenvalue weighted by Crippen LogP contribution is -2.46. The average Bonchev–Trinajstić information content (AvgIpc) is 2.46. The molecule has 1 aliphatic heterocycles. The van der Waals surface area contributed by atoms with E-state index in [0.29, 0.717) is 19.0 Å². The highest BCUT2D eigenvalue weighted by atomic mass is 32.2. The first-order valence-corrected chi connectivity index (χ1v) is 9.27. The van der Waals surface area contributed by atoms with Crippen molar-refractivity contribution in [3.8, 4) is 0 Å². The lowest BCUT2D eigenvalue weighted by molar-refractivity contribution is 0.533. The molecule has 118 valence electrons. The molecule has 0 bridgehead atoms. The first kappa shape index (κ1) is 16.3.